The lowest BCUT2D eigenvalue weighted by atomic mass is 10.3. The van der Waals surface area contributed by atoms with Crippen molar-refractivity contribution in [2.45, 2.75) is 6.35 Å². The number of ether oxygens (including phenoxy) is 1. The van der Waals surface area contributed by atoms with Crippen LogP contribution >= 0.6 is 0 Å². The minimum absolute atomic E-state index is 0.127. The highest BCUT2D eigenvalue weighted by Gasteiger charge is 2.31. The zero-order chi connectivity index (χ0) is 10.0. The number of carbonyl (C=O) groups is 1. The number of methoxy groups -OCH3 is 1. The molecular weight excluding hydrogens is 176 g/mol. The Balaban J connectivity index is 3.06. The van der Waals surface area contributed by atoms with Gasteiger partial charge in [-0.3, -0.25) is 9.69 Å². The number of amidine groups is 1. The topological polar surface area (TPSA) is 101 Å². The van der Waals surface area contributed by atoms with E-state index in [9.17, 15) is 4.79 Å². The molecule has 0 aromatic heterocycles. The second kappa shape index (κ2) is 3.40. The van der Waals surface area contributed by atoms with Crippen molar-refractivity contribution >= 4 is 17.5 Å². The van der Waals surface area contributed by atoms with Crippen molar-refractivity contribution in [1.29, 1.82) is 0 Å². The third-order valence-corrected chi connectivity index (χ3v) is 1.66. The number of nitrogens with two attached hydrogens (primary N) is 1. The summed E-state index contributed by atoms with van der Waals surface area (Å²) in [5.41, 5.74) is 5.07. The molecular formula is C6H10N4O3. The average Bonchev–Trinajstić information content (AvgIpc) is 2.12. The first-order valence-electron chi connectivity index (χ1n) is 3.47. The molecule has 1 unspecified atom stereocenters. The van der Waals surface area contributed by atoms with E-state index in [1.54, 1.807) is 0 Å². The zero-order valence-corrected chi connectivity index (χ0v) is 7.26. The van der Waals surface area contributed by atoms with Gasteiger partial charge in [0, 0.05) is 14.2 Å². The molecule has 1 heterocycles. The first kappa shape index (κ1) is 9.46. The summed E-state index contributed by atoms with van der Waals surface area (Å²) < 4.78 is 4.84. The average molecular weight is 186 g/mol. The number of hydrogen-bond donors (Lipinski definition) is 2. The van der Waals surface area contributed by atoms with Crippen LogP contribution in [-0.2, 0) is 9.53 Å². The lowest BCUT2D eigenvalue weighted by Gasteiger charge is -2.27. The van der Waals surface area contributed by atoms with E-state index in [1.807, 2.05) is 0 Å². The largest absolute Gasteiger partial charge is 0.410 e. The molecule has 0 aromatic carbocycles. The van der Waals surface area contributed by atoms with Crippen LogP contribution in [0.2, 0.25) is 0 Å². The van der Waals surface area contributed by atoms with Crippen LogP contribution in [-0.4, -0.2) is 48.1 Å². The smallest absolute Gasteiger partial charge is 0.282 e. The minimum Gasteiger partial charge on any atom is -0.410 e. The molecule has 0 radical (unpaired) electrons. The van der Waals surface area contributed by atoms with Crippen LogP contribution in [0.4, 0.5) is 0 Å². The van der Waals surface area contributed by atoms with Gasteiger partial charge in [-0.1, -0.05) is 5.16 Å². The van der Waals surface area contributed by atoms with Gasteiger partial charge in [-0.05, 0) is 0 Å². The van der Waals surface area contributed by atoms with Crippen LogP contribution in [0, 0.1) is 0 Å². The second-order valence-corrected chi connectivity index (χ2v) is 2.44. The molecule has 1 aliphatic rings. The number of hydrogen-bond acceptors (Lipinski definition) is 6. The molecule has 1 amide bonds. The monoisotopic (exact) mass is 186 g/mol. The van der Waals surface area contributed by atoms with E-state index in [0.29, 0.717) is 0 Å². The van der Waals surface area contributed by atoms with E-state index in [2.05, 4.69) is 10.1 Å². The maximum absolute atomic E-state index is 11.3. The van der Waals surface area contributed by atoms with Crippen LogP contribution < -0.4 is 5.73 Å². The molecule has 13 heavy (non-hydrogen) atoms. The quantitative estimate of drug-likeness (QED) is 0.387. The molecule has 0 aromatic rings. The summed E-state index contributed by atoms with van der Waals surface area (Å²) in [6, 6.07) is 0. The maximum Gasteiger partial charge on any atom is 0.282 e. The summed E-state index contributed by atoms with van der Waals surface area (Å²) in [6.07, 6.45) is -0.752. The van der Waals surface area contributed by atoms with Crippen LogP contribution in [0.25, 0.3) is 0 Å². The molecule has 1 rings (SSSR count). The van der Waals surface area contributed by atoms with Gasteiger partial charge < -0.3 is 15.7 Å². The van der Waals surface area contributed by atoms with Crippen molar-refractivity contribution in [3.63, 3.8) is 0 Å². The van der Waals surface area contributed by atoms with Gasteiger partial charge in [-0.25, -0.2) is 4.99 Å². The Labute approximate surface area is 74.5 Å². The standard InChI is InChI=1S/C6H10N4O3/c1-10-5(11)3(9-12)4(7)8-6(10)13-2/h6,12H,1-2H3,(H2,7,8)/b9-3+. The van der Waals surface area contributed by atoms with E-state index in [4.69, 9.17) is 15.7 Å². The van der Waals surface area contributed by atoms with E-state index in [1.165, 1.54) is 19.1 Å². The summed E-state index contributed by atoms with van der Waals surface area (Å²) >= 11 is 0. The van der Waals surface area contributed by atoms with Crippen LogP contribution in [0.1, 0.15) is 0 Å². The predicted molar refractivity (Wildman–Crippen MR) is 44.4 cm³/mol. The molecule has 0 aliphatic carbocycles. The lowest BCUT2D eigenvalue weighted by Crippen LogP contribution is -2.51. The highest BCUT2D eigenvalue weighted by atomic mass is 16.5. The second-order valence-electron chi connectivity index (χ2n) is 2.44. The molecule has 3 N–H and O–H groups in total. The van der Waals surface area contributed by atoms with Crippen LogP contribution in [0.5, 0.6) is 0 Å². The SMILES string of the molecule is COC1N=C(N)/C(=N\O)C(=O)N1C. The molecule has 0 saturated carbocycles. The third kappa shape index (κ3) is 1.45. The molecule has 0 saturated heterocycles. The first-order chi connectivity index (χ1) is 6.11. The molecule has 7 nitrogen and oxygen atoms in total. The summed E-state index contributed by atoms with van der Waals surface area (Å²) in [7, 11) is 2.87. The molecule has 0 bridgehead atoms. The maximum atomic E-state index is 11.3. The minimum atomic E-state index is -0.752. The van der Waals surface area contributed by atoms with Gasteiger partial charge >= 0.3 is 0 Å². The van der Waals surface area contributed by atoms with Crippen molar-refractivity contribution in [2.24, 2.45) is 15.9 Å². The van der Waals surface area contributed by atoms with Gasteiger partial charge in [-0.2, -0.15) is 0 Å². The Morgan fingerprint density at radius 2 is 2.38 bits per heavy atom. The Morgan fingerprint density at radius 3 is 2.85 bits per heavy atom. The first-order valence-corrected chi connectivity index (χ1v) is 3.47. The number of oxime groups is 1. The number of nitrogens with zero attached hydrogens (tertiary/aromatic N) is 3. The van der Waals surface area contributed by atoms with Crippen molar-refractivity contribution in [3.05, 3.63) is 0 Å². The number of carbonyl (C=O) groups excluding carboxylic acids is 1. The van der Waals surface area contributed by atoms with E-state index in [-0.39, 0.29) is 11.5 Å². The van der Waals surface area contributed by atoms with Crippen molar-refractivity contribution in [2.75, 3.05) is 14.2 Å². The van der Waals surface area contributed by atoms with Gasteiger partial charge in [0.15, 0.2) is 5.84 Å². The molecule has 0 spiro atoms. The lowest BCUT2D eigenvalue weighted by molar-refractivity contribution is -0.133. The highest BCUT2D eigenvalue weighted by Crippen LogP contribution is 2.07. The van der Waals surface area contributed by atoms with Crippen LogP contribution in [0.3, 0.4) is 0 Å². The summed E-state index contributed by atoms with van der Waals surface area (Å²) in [5, 5.41) is 11.2. The Morgan fingerprint density at radius 1 is 1.77 bits per heavy atom. The normalized spacial score (nSPS) is 26.5. The van der Waals surface area contributed by atoms with Crippen LogP contribution in [0.15, 0.2) is 10.1 Å². The van der Waals surface area contributed by atoms with Gasteiger partial charge in [-0.15, -0.1) is 0 Å². The van der Waals surface area contributed by atoms with Gasteiger partial charge in [0.2, 0.25) is 12.1 Å². The Hall–Kier alpha value is -1.63. The zero-order valence-electron chi connectivity index (χ0n) is 7.26. The van der Waals surface area contributed by atoms with Crippen molar-refractivity contribution < 1.29 is 14.7 Å². The van der Waals surface area contributed by atoms with E-state index >= 15 is 0 Å². The number of amides is 1. The Bertz CT molecular complexity index is 286. The van der Waals surface area contributed by atoms with Crippen molar-refractivity contribution in [1.82, 2.24) is 4.90 Å². The predicted octanol–water partition coefficient (Wildman–Crippen LogP) is -1.42. The van der Waals surface area contributed by atoms with Gasteiger partial charge in [0.25, 0.3) is 5.91 Å². The summed E-state index contributed by atoms with van der Waals surface area (Å²) in [4.78, 5) is 16.3. The third-order valence-electron chi connectivity index (χ3n) is 1.66. The van der Waals surface area contributed by atoms with E-state index in [0.717, 1.165) is 0 Å². The number of aliphatic imine (C=N–C) groups is 1. The summed E-state index contributed by atoms with van der Waals surface area (Å²) in [6.45, 7) is 0. The van der Waals surface area contributed by atoms with Gasteiger partial charge in [0.05, 0.1) is 0 Å². The van der Waals surface area contributed by atoms with Crippen molar-refractivity contribution in [3.8, 4) is 0 Å². The molecule has 0 fully saturated rings. The Kier molecular flexibility index (Phi) is 2.47. The fourth-order valence-electron chi connectivity index (χ4n) is 0.948. The molecule has 1 atom stereocenters. The fraction of sp³-hybridized carbons (Fsp3) is 0.500. The molecule has 1 aliphatic heterocycles. The highest BCUT2D eigenvalue weighted by molar-refractivity contribution is 6.66. The summed E-state index contributed by atoms with van der Waals surface area (Å²) in [5.74, 6) is -0.653. The van der Waals surface area contributed by atoms with Gasteiger partial charge in [0.1, 0.15) is 0 Å². The number of rotatable bonds is 1. The molecule has 7 heteroatoms. The fourth-order valence-corrected chi connectivity index (χ4v) is 0.948. The van der Waals surface area contributed by atoms with E-state index < -0.39 is 12.3 Å². The molecule has 72 valence electrons.